The summed E-state index contributed by atoms with van der Waals surface area (Å²) >= 11 is 0. The lowest BCUT2D eigenvalue weighted by Gasteiger charge is -2.13. The van der Waals surface area contributed by atoms with Gasteiger partial charge in [-0.25, -0.2) is 18.2 Å². The topological polar surface area (TPSA) is 95.9 Å². The van der Waals surface area contributed by atoms with Gasteiger partial charge in [0.05, 0.1) is 18.6 Å². The Morgan fingerprint density at radius 2 is 1.95 bits per heavy atom. The summed E-state index contributed by atoms with van der Waals surface area (Å²) in [6, 6.07) is 5.73. The third kappa shape index (κ3) is 4.19. The highest BCUT2D eigenvalue weighted by Gasteiger charge is 2.17. The van der Waals surface area contributed by atoms with Crippen molar-refractivity contribution in [2.75, 3.05) is 20.2 Å². The van der Waals surface area contributed by atoms with Gasteiger partial charge in [0.25, 0.3) is 5.91 Å². The molecule has 0 aliphatic heterocycles. The fourth-order valence-corrected chi connectivity index (χ4v) is 2.24. The number of hydrogen-bond acceptors (Lipinski definition) is 5. The van der Waals surface area contributed by atoms with Crippen LogP contribution in [0.1, 0.15) is 6.92 Å². The molecule has 0 aromatic heterocycles. The van der Waals surface area contributed by atoms with Gasteiger partial charge in [-0.05, 0) is 31.2 Å². The van der Waals surface area contributed by atoms with Crippen molar-refractivity contribution in [2.45, 2.75) is 11.8 Å². The molecule has 0 aliphatic rings. The second kappa shape index (κ2) is 6.50. The number of hydrogen-bond donors (Lipinski definition) is 2. The largest absolute Gasteiger partial charge is 0.497 e. The first-order chi connectivity index (χ1) is 8.90. The number of ether oxygens (including phenoxy) is 1. The fourth-order valence-electron chi connectivity index (χ4n) is 1.26. The third-order valence-electron chi connectivity index (χ3n) is 2.37. The lowest BCUT2D eigenvalue weighted by Crippen LogP contribution is -2.38. The number of nitrogens with zero attached hydrogens (tertiary/aromatic N) is 1. The summed E-state index contributed by atoms with van der Waals surface area (Å²) in [7, 11) is -2.31. The van der Waals surface area contributed by atoms with Crippen molar-refractivity contribution in [3.8, 4) is 5.75 Å². The lowest BCUT2D eigenvalue weighted by molar-refractivity contribution is -0.162. The molecule has 106 valence electrons. The number of carbonyl (C=O) groups is 1. The smallest absolute Gasteiger partial charge is 0.260 e. The maximum atomic E-state index is 11.8. The van der Waals surface area contributed by atoms with Crippen LogP contribution in [0.25, 0.3) is 0 Å². The normalized spacial score (nSPS) is 11.1. The van der Waals surface area contributed by atoms with E-state index in [-0.39, 0.29) is 11.4 Å². The van der Waals surface area contributed by atoms with Crippen LogP contribution in [-0.2, 0) is 14.8 Å². The zero-order chi connectivity index (χ0) is 14.5. The molecule has 1 amide bonds. The second-order valence-corrected chi connectivity index (χ2v) is 5.38. The van der Waals surface area contributed by atoms with Gasteiger partial charge in [0.15, 0.2) is 0 Å². The third-order valence-corrected chi connectivity index (χ3v) is 3.79. The van der Waals surface area contributed by atoms with Gasteiger partial charge in [-0.1, -0.05) is 0 Å². The molecule has 19 heavy (non-hydrogen) atoms. The van der Waals surface area contributed by atoms with Crippen molar-refractivity contribution in [1.82, 2.24) is 9.79 Å². The Hall–Kier alpha value is -1.64. The Labute approximate surface area is 111 Å². The summed E-state index contributed by atoms with van der Waals surface area (Å²) in [4.78, 5) is 11.3. The average Bonchev–Trinajstić information content (AvgIpc) is 2.44. The maximum Gasteiger partial charge on any atom is 0.260 e. The van der Waals surface area contributed by atoms with Gasteiger partial charge >= 0.3 is 0 Å². The monoisotopic (exact) mass is 288 g/mol. The number of methoxy groups -OCH3 is 1. The van der Waals surface area contributed by atoms with E-state index in [1.807, 2.05) is 0 Å². The Morgan fingerprint density at radius 3 is 2.42 bits per heavy atom. The van der Waals surface area contributed by atoms with Crippen molar-refractivity contribution in [3.63, 3.8) is 0 Å². The lowest BCUT2D eigenvalue weighted by atomic mass is 10.3. The number of amides is 1. The van der Waals surface area contributed by atoms with E-state index >= 15 is 0 Å². The molecule has 7 nitrogen and oxygen atoms in total. The summed E-state index contributed by atoms with van der Waals surface area (Å²) in [5, 5.41) is 9.54. The molecule has 0 unspecified atom stereocenters. The first-order valence-electron chi connectivity index (χ1n) is 5.53. The minimum absolute atomic E-state index is 0.0158. The van der Waals surface area contributed by atoms with E-state index < -0.39 is 22.5 Å². The molecular formula is C11H16N2O5S. The first-order valence-corrected chi connectivity index (χ1v) is 7.02. The van der Waals surface area contributed by atoms with Crippen LogP contribution >= 0.6 is 0 Å². The highest BCUT2D eigenvalue weighted by Crippen LogP contribution is 2.14. The molecule has 1 rings (SSSR count). The first kappa shape index (κ1) is 15.4. The number of carbonyl (C=O) groups excluding carboxylic acids is 1. The van der Waals surface area contributed by atoms with Gasteiger partial charge in [0.2, 0.25) is 10.0 Å². The molecule has 0 saturated carbocycles. The Bertz CT molecular complexity index is 527. The molecule has 0 bridgehead atoms. The van der Waals surface area contributed by atoms with E-state index in [1.54, 1.807) is 6.92 Å². The highest BCUT2D eigenvalue weighted by atomic mass is 32.2. The highest BCUT2D eigenvalue weighted by molar-refractivity contribution is 7.89. The fraction of sp³-hybridized carbons (Fsp3) is 0.364. The van der Waals surface area contributed by atoms with E-state index in [4.69, 9.17) is 9.94 Å². The van der Waals surface area contributed by atoms with Gasteiger partial charge < -0.3 is 4.74 Å². The molecule has 0 heterocycles. The van der Waals surface area contributed by atoms with Crippen LogP contribution in [0.4, 0.5) is 0 Å². The van der Waals surface area contributed by atoms with Crippen LogP contribution in [-0.4, -0.2) is 44.8 Å². The Kier molecular flexibility index (Phi) is 5.28. The zero-order valence-electron chi connectivity index (χ0n) is 10.7. The number of benzene rings is 1. The molecule has 0 aliphatic carbocycles. The number of likely N-dealkylation sites (N-methyl/N-ethyl adjacent to an activating group) is 1. The van der Waals surface area contributed by atoms with E-state index in [0.717, 1.165) is 0 Å². The molecule has 0 radical (unpaired) electrons. The van der Waals surface area contributed by atoms with Crippen molar-refractivity contribution in [3.05, 3.63) is 24.3 Å². The van der Waals surface area contributed by atoms with Crippen molar-refractivity contribution < 1.29 is 23.2 Å². The summed E-state index contributed by atoms with van der Waals surface area (Å²) in [5.74, 6) is -0.192. The van der Waals surface area contributed by atoms with E-state index in [2.05, 4.69) is 4.72 Å². The standard InChI is InChI=1S/C11H16N2O5S/c1-3-13(15)11(14)8-12-19(16,17)10-6-4-9(18-2)5-7-10/h4-7,12,15H,3,8H2,1-2H3. The van der Waals surface area contributed by atoms with Crippen molar-refractivity contribution >= 4 is 15.9 Å². The minimum atomic E-state index is -3.79. The van der Waals surface area contributed by atoms with Crippen LogP contribution in [0.15, 0.2) is 29.2 Å². The quantitative estimate of drug-likeness (QED) is 0.576. The number of sulfonamides is 1. The summed E-state index contributed by atoms with van der Waals surface area (Å²) in [5.41, 5.74) is 0. The number of rotatable bonds is 6. The van der Waals surface area contributed by atoms with Crippen molar-refractivity contribution in [2.24, 2.45) is 0 Å². The van der Waals surface area contributed by atoms with E-state index in [0.29, 0.717) is 10.8 Å². The molecule has 0 saturated heterocycles. The predicted octanol–water partition coefficient (Wildman–Crippen LogP) is 0.211. The van der Waals surface area contributed by atoms with E-state index in [9.17, 15) is 13.2 Å². The van der Waals surface area contributed by atoms with E-state index in [1.165, 1.54) is 31.4 Å². The van der Waals surface area contributed by atoms with Gasteiger partial charge in [0.1, 0.15) is 5.75 Å². The number of nitrogens with one attached hydrogen (secondary N) is 1. The molecule has 0 spiro atoms. The van der Waals surface area contributed by atoms with Gasteiger partial charge in [-0.3, -0.25) is 10.0 Å². The molecule has 1 aromatic carbocycles. The van der Waals surface area contributed by atoms with Crippen LogP contribution < -0.4 is 9.46 Å². The molecule has 0 fully saturated rings. The van der Waals surface area contributed by atoms with Gasteiger partial charge in [0, 0.05) is 6.54 Å². The van der Waals surface area contributed by atoms with Crippen LogP contribution in [0, 0.1) is 0 Å². The van der Waals surface area contributed by atoms with Gasteiger partial charge in [-0.2, -0.15) is 0 Å². The van der Waals surface area contributed by atoms with Gasteiger partial charge in [-0.15, -0.1) is 0 Å². The zero-order valence-corrected chi connectivity index (χ0v) is 11.5. The van der Waals surface area contributed by atoms with Crippen LogP contribution in [0.2, 0.25) is 0 Å². The second-order valence-electron chi connectivity index (χ2n) is 3.61. The molecule has 2 N–H and O–H groups in total. The predicted molar refractivity (Wildman–Crippen MR) is 67.4 cm³/mol. The summed E-state index contributed by atoms with van der Waals surface area (Å²) in [6.45, 7) is 1.15. The summed E-state index contributed by atoms with van der Waals surface area (Å²) in [6.07, 6.45) is 0. The van der Waals surface area contributed by atoms with Crippen LogP contribution in [0.3, 0.4) is 0 Å². The molecule has 8 heteroatoms. The molecule has 0 atom stereocenters. The Balaban J connectivity index is 2.73. The SMILES string of the molecule is CCN(O)C(=O)CNS(=O)(=O)c1ccc(OC)cc1. The average molecular weight is 288 g/mol. The molecule has 1 aromatic rings. The van der Waals surface area contributed by atoms with Crippen LogP contribution in [0.5, 0.6) is 5.75 Å². The Morgan fingerprint density at radius 1 is 1.37 bits per heavy atom. The maximum absolute atomic E-state index is 11.8. The van der Waals surface area contributed by atoms with Crippen molar-refractivity contribution in [1.29, 1.82) is 0 Å². The molecular weight excluding hydrogens is 272 g/mol. The summed E-state index contributed by atoms with van der Waals surface area (Å²) < 4.78 is 30.7. The number of hydroxylamine groups is 2. The minimum Gasteiger partial charge on any atom is -0.497 e.